The molecular weight excluding hydrogens is 416 g/mol. The van der Waals surface area contributed by atoms with Gasteiger partial charge in [-0.25, -0.2) is 9.98 Å². The lowest BCUT2D eigenvalue weighted by atomic mass is 10.1. The van der Waals surface area contributed by atoms with Crippen LogP contribution in [0.15, 0.2) is 45.9 Å². The molecule has 3 nitrogen and oxygen atoms in total. The molecule has 0 saturated heterocycles. The van der Waals surface area contributed by atoms with E-state index in [4.69, 9.17) is 0 Å². The maximum Gasteiger partial charge on any atom is 0.210 e. The average molecular weight is 433 g/mol. The Balaban J connectivity index is 1.84. The number of hydrogen-bond acceptors (Lipinski definition) is 5. The van der Waals surface area contributed by atoms with Crippen molar-refractivity contribution in [2.24, 2.45) is 4.99 Å². The highest BCUT2D eigenvalue weighted by Crippen LogP contribution is 2.31. The molecule has 1 aromatic heterocycles. The molecule has 0 radical (unpaired) electrons. The van der Waals surface area contributed by atoms with E-state index in [0.29, 0.717) is 10.7 Å². The number of rotatable bonds is 4. The second-order valence-corrected chi connectivity index (χ2v) is 8.52. The zero-order chi connectivity index (χ0) is 18.0. The van der Waals surface area contributed by atoms with Crippen molar-refractivity contribution in [2.45, 2.75) is 20.3 Å². The summed E-state index contributed by atoms with van der Waals surface area (Å²) in [6.07, 6.45) is 2.23. The number of benzene rings is 2. The van der Waals surface area contributed by atoms with Gasteiger partial charge in [0.2, 0.25) is 5.13 Å². The van der Waals surface area contributed by atoms with Crippen molar-refractivity contribution < 1.29 is 4.79 Å². The van der Waals surface area contributed by atoms with E-state index < -0.39 is 0 Å². The number of ketones is 1. The third kappa shape index (κ3) is 4.37. The minimum Gasteiger partial charge on any atom is -0.294 e. The Morgan fingerprint density at radius 3 is 2.56 bits per heavy atom. The lowest BCUT2D eigenvalue weighted by molar-refractivity contribution is 0.100. The molecule has 2 aromatic carbocycles. The molecule has 0 bridgehead atoms. The molecule has 0 unspecified atom stereocenters. The third-order valence-electron chi connectivity index (χ3n) is 3.93. The van der Waals surface area contributed by atoms with Crippen molar-refractivity contribution in [3.63, 3.8) is 0 Å². The molecule has 128 valence electrons. The van der Waals surface area contributed by atoms with Gasteiger partial charge >= 0.3 is 0 Å². The van der Waals surface area contributed by atoms with Crippen LogP contribution < -0.4 is 0 Å². The fourth-order valence-corrected chi connectivity index (χ4v) is 4.07. The number of halogens is 1. The van der Waals surface area contributed by atoms with Crippen LogP contribution in [0.1, 0.15) is 27.9 Å². The number of aromatic nitrogens is 1. The van der Waals surface area contributed by atoms with Crippen LogP contribution in [0.5, 0.6) is 0 Å². The van der Waals surface area contributed by atoms with Crippen molar-refractivity contribution in [1.82, 2.24) is 4.98 Å². The molecule has 0 fully saturated rings. The van der Waals surface area contributed by atoms with Crippen molar-refractivity contribution >= 4 is 65.2 Å². The highest BCUT2D eigenvalue weighted by molar-refractivity contribution is 9.10. The molecular formula is C19H17BrN2OS2. The molecule has 3 aromatic rings. The molecule has 0 spiro atoms. The summed E-state index contributed by atoms with van der Waals surface area (Å²) in [5, 5.41) is 1.48. The molecule has 0 atom stereocenters. The Bertz CT molecular complexity index is 922. The number of Topliss-reactive ketones (excluding diaryl/α,β-unsaturated/α-hetero) is 1. The number of thiazole rings is 1. The zero-order valence-corrected chi connectivity index (χ0v) is 17.4. The summed E-state index contributed by atoms with van der Waals surface area (Å²) in [4.78, 5) is 21.7. The first-order valence-corrected chi connectivity index (χ1v) is 10.6. The Kier molecular flexibility index (Phi) is 5.71. The zero-order valence-electron chi connectivity index (χ0n) is 14.2. The SMILES string of the molecule is CS/C(CC(=O)c1ccc(Br)cc1)=N\c1nc2cc(C)c(C)cc2s1. The standard InChI is InChI=1S/C19H17BrN2OS2/c1-11-8-15-17(9-12(11)2)25-19(21-15)22-18(24-3)10-16(23)13-4-6-14(20)7-5-13/h4-9H,10H2,1-3H3/b22-18-. The maximum atomic E-state index is 12.5. The molecule has 3 rings (SSSR count). The van der Waals surface area contributed by atoms with Crippen molar-refractivity contribution in [3.8, 4) is 0 Å². The van der Waals surface area contributed by atoms with E-state index >= 15 is 0 Å². The van der Waals surface area contributed by atoms with E-state index in [9.17, 15) is 4.79 Å². The fraction of sp³-hybridized carbons (Fsp3) is 0.211. The van der Waals surface area contributed by atoms with Crippen LogP contribution in [0.3, 0.4) is 0 Å². The van der Waals surface area contributed by atoms with Crippen LogP contribution in [0.4, 0.5) is 5.13 Å². The van der Waals surface area contributed by atoms with Gasteiger partial charge in [0.15, 0.2) is 5.78 Å². The van der Waals surface area contributed by atoms with Crippen LogP contribution in [-0.2, 0) is 0 Å². The van der Waals surface area contributed by atoms with Gasteiger partial charge in [-0.3, -0.25) is 4.79 Å². The Morgan fingerprint density at radius 1 is 1.20 bits per heavy atom. The van der Waals surface area contributed by atoms with Gasteiger partial charge in [-0.1, -0.05) is 39.4 Å². The fourth-order valence-electron chi connectivity index (χ4n) is 2.35. The number of carbonyl (C=O) groups is 1. The first-order chi connectivity index (χ1) is 12.0. The second-order valence-electron chi connectivity index (χ2n) is 5.72. The summed E-state index contributed by atoms with van der Waals surface area (Å²) in [6.45, 7) is 4.18. The van der Waals surface area contributed by atoms with Crippen molar-refractivity contribution in [2.75, 3.05) is 6.26 Å². The normalized spacial score (nSPS) is 11.9. The number of fused-ring (bicyclic) bond motifs is 1. The number of carbonyl (C=O) groups excluding carboxylic acids is 1. The smallest absolute Gasteiger partial charge is 0.210 e. The third-order valence-corrected chi connectivity index (χ3v) is 6.07. The summed E-state index contributed by atoms with van der Waals surface area (Å²) in [5.74, 6) is 0.0633. The minimum absolute atomic E-state index is 0.0633. The summed E-state index contributed by atoms with van der Waals surface area (Å²) >= 11 is 6.44. The molecule has 0 N–H and O–H groups in total. The van der Waals surface area contributed by atoms with E-state index in [2.05, 4.69) is 51.9 Å². The number of aliphatic imine (C=N–C) groups is 1. The minimum atomic E-state index is 0.0633. The summed E-state index contributed by atoms with van der Waals surface area (Å²) < 4.78 is 2.09. The first kappa shape index (κ1) is 18.3. The predicted octanol–water partition coefficient (Wildman–Crippen LogP) is 6.34. The quantitative estimate of drug-likeness (QED) is 0.274. The largest absolute Gasteiger partial charge is 0.294 e. The summed E-state index contributed by atoms with van der Waals surface area (Å²) in [5.41, 5.74) is 4.14. The second kappa shape index (κ2) is 7.81. The number of thioether (sulfide) groups is 1. The van der Waals surface area contributed by atoms with E-state index in [1.165, 1.54) is 22.9 Å². The van der Waals surface area contributed by atoms with E-state index in [1.807, 2.05) is 30.5 Å². The van der Waals surface area contributed by atoms with Gasteiger partial charge in [0.1, 0.15) is 0 Å². The molecule has 0 aliphatic heterocycles. The van der Waals surface area contributed by atoms with Crippen molar-refractivity contribution in [3.05, 3.63) is 57.6 Å². The summed E-state index contributed by atoms with van der Waals surface area (Å²) in [7, 11) is 0. The Hall–Kier alpha value is -1.50. The van der Waals surface area contributed by atoms with Gasteiger partial charge in [0, 0.05) is 10.0 Å². The van der Waals surface area contributed by atoms with Crippen LogP contribution >= 0.6 is 39.0 Å². The van der Waals surface area contributed by atoms with Crippen molar-refractivity contribution in [1.29, 1.82) is 0 Å². The van der Waals surface area contributed by atoms with E-state index in [-0.39, 0.29) is 12.2 Å². The first-order valence-electron chi connectivity index (χ1n) is 7.74. The molecule has 0 aliphatic rings. The van der Waals surface area contributed by atoms with Gasteiger partial charge in [0.25, 0.3) is 0 Å². The number of aryl methyl sites for hydroxylation is 2. The Morgan fingerprint density at radius 2 is 1.88 bits per heavy atom. The molecule has 0 saturated carbocycles. The molecule has 6 heteroatoms. The van der Waals surface area contributed by atoms with Gasteiger partial charge in [0.05, 0.1) is 21.7 Å². The number of hydrogen-bond donors (Lipinski definition) is 0. The molecule has 1 heterocycles. The number of nitrogens with zero attached hydrogens (tertiary/aromatic N) is 2. The van der Waals surface area contributed by atoms with Crippen LogP contribution in [0.25, 0.3) is 10.2 Å². The van der Waals surface area contributed by atoms with Crippen LogP contribution in [0, 0.1) is 13.8 Å². The van der Waals surface area contributed by atoms with Crippen LogP contribution in [-0.4, -0.2) is 22.1 Å². The van der Waals surface area contributed by atoms with Crippen LogP contribution in [0.2, 0.25) is 0 Å². The van der Waals surface area contributed by atoms with E-state index in [0.717, 1.165) is 19.7 Å². The molecule has 0 aliphatic carbocycles. The lowest BCUT2D eigenvalue weighted by Crippen LogP contribution is -2.05. The highest BCUT2D eigenvalue weighted by Gasteiger charge is 2.12. The average Bonchev–Trinajstić information content (AvgIpc) is 2.96. The summed E-state index contributed by atoms with van der Waals surface area (Å²) in [6, 6.07) is 11.6. The van der Waals surface area contributed by atoms with Gasteiger partial charge < -0.3 is 0 Å². The molecule has 0 amide bonds. The molecule has 25 heavy (non-hydrogen) atoms. The van der Waals surface area contributed by atoms with E-state index in [1.54, 1.807) is 11.3 Å². The predicted molar refractivity (Wildman–Crippen MR) is 113 cm³/mol. The maximum absolute atomic E-state index is 12.5. The topological polar surface area (TPSA) is 42.3 Å². The van der Waals surface area contributed by atoms with Gasteiger partial charge in [-0.2, -0.15) is 0 Å². The van der Waals surface area contributed by atoms with Gasteiger partial charge in [-0.05, 0) is 55.5 Å². The van der Waals surface area contributed by atoms with Gasteiger partial charge in [-0.15, -0.1) is 11.8 Å². The Labute approximate surface area is 163 Å². The monoisotopic (exact) mass is 432 g/mol. The highest BCUT2D eigenvalue weighted by atomic mass is 79.9. The lowest BCUT2D eigenvalue weighted by Gasteiger charge is -2.02.